The second-order valence-electron chi connectivity index (χ2n) is 4.67. The molecule has 24 heavy (non-hydrogen) atoms. The third-order valence-electron chi connectivity index (χ3n) is 2.75. The lowest BCUT2D eigenvalue weighted by Gasteiger charge is -2.16. The number of rotatable bonds is 6. The molecule has 1 rings (SSSR count). The van der Waals surface area contributed by atoms with Crippen LogP contribution in [0.3, 0.4) is 0 Å². The molecule has 4 nitrogen and oxygen atoms in total. The van der Waals surface area contributed by atoms with Crippen molar-refractivity contribution >= 4 is 11.9 Å². The van der Waals surface area contributed by atoms with E-state index in [1.54, 1.807) is 0 Å². The van der Waals surface area contributed by atoms with E-state index < -0.39 is 60.3 Å². The predicted octanol–water partition coefficient (Wildman–Crippen LogP) is 3.67. The molecular formula is C14H12F6O4. The molecule has 134 valence electrons. The van der Waals surface area contributed by atoms with E-state index in [1.807, 2.05) is 0 Å². The molecule has 0 fully saturated rings. The highest BCUT2D eigenvalue weighted by Gasteiger charge is 2.39. The Kier molecular flexibility index (Phi) is 6.61. The third kappa shape index (κ3) is 5.74. The second kappa shape index (κ2) is 8.02. The van der Waals surface area contributed by atoms with Crippen molar-refractivity contribution in [3.63, 3.8) is 0 Å². The van der Waals surface area contributed by atoms with Crippen LogP contribution in [0.15, 0.2) is 12.1 Å². The van der Waals surface area contributed by atoms with Gasteiger partial charge in [-0.15, -0.1) is 0 Å². The zero-order valence-electron chi connectivity index (χ0n) is 12.3. The number of halogens is 6. The molecule has 0 saturated heterocycles. The summed E-state index contributed by atoms with van der Waals surface area (Å²) < 4.78 is 83.9. The lowest BCUT2D eigenvalue weighted by atomic mass is 10.2. The number of carbonyl (C=O) groups excluding carboxylic acids is 2. The summed E-state index contributed by atoms with van der Waals surface area (Å²) in [4.78, 5) is 22.5. The van der Waals surface area contributed by atoms with Gasteiger partial charge in [-0.3, -0.25) is 9.59 Å². The van der Waals surface area contributed by atoms with Crippen LogP contribution in [0.1, 0.15) is 26.2 Å². The molecule has 1 unspecified atom stereocenters. The molecule has 0 saturated carbocycles. The Labute approximate surface area is 132 Å². The van der Waals surface area contributed by atoms with Gasteiger partial charge < -0.3 is 9.47 Å². The molecule has 0 bridgehead atoms. The summed E-state index contributed by atoms with van der Waals surface area (Å²) in [6, 6.07) is 1.25. The Morgan fingerprint density at radius 1 is 1.04 bits per heavy atom. The monoisotopic (exact) mass is 358 g/mol. The molecule has 1 aromatic rings. The van der Waals surface area contributed by atoms with Crippen molar-refractivity contribution in [2.75, 3.05) is 0 Å². The van der Waals surface area contributed by atoms with Crippen LogP contribution in [0.2, 0.25) is 0 Å². The highest BCUT2D eigenvalue weighted by atomic mass is 19.4. The molecule has 0 N–H and O–H groups in total. The lowest BCUT2D eigenvalue weighted by molar-refractivity contribution is -0.216. The first-order chi connectivity index (χ1) is 11.0. The van der Waals surface area contributed by atoms with E-state index in [2.05, 4.69) is 9.47 Å². The van der Waals surface area contributed by atoms with Gasteiger partial charge in [0, 0.05) is 12.8 Å². The number of hydrogen-bond acceptors (Lipinski definition) is 4. The Morgan fingerprint density at radius 2 is 1.62 bits per heavy atom. The molecule has 1 aromatic carbocycles. The van der Waals surface area contributed by atoms with Gasteiger partial charge in [-0.25, -0.2) is 8.78 Å². The minimum atomic E-state index is -4.70. The van der Waals surface area contributed by atoms with E-state index in [1.165, 1.54) is 0 Å². The standard InChI is InChI=1S/C14H12F6O4/c1-7(14(18,19)20)23-10(21)3-2-4-11(22)24-9-6-5-8(15)12(16)13(9)17/h5-7H,2-4H2,1H3. The highest BCUT2D eigenvalue weighted by molar-refractivity contribution is 5.74. The van der Waals surface area contributed by atoms with E-state index in [4.69, 9.17) is 0 Å². The van der Waals surface area contributed by atoms with Crippen LogP contribution in [0.5, 0.6) is 5.75 Å². The predicted molar refractivity (Wildman–Crippen MR) is 67.4 cm³/mol. The Morgan fingerprint density at radius 3 is 2.21 bits per heavy atom. The molecule has 0 heterocycles. The molecule has 0 aliphatic carbocycles. The highest BCUT2D eigenvalue weighted by Crippen LogP contribution is 2.24. The van der Waals surface area contributed by atoms with Crippen LogP contribution >= 0.6 is 0 Å². The van der Waals surface area contributed by atoms with E-state index in [0.717, 1.165) is 0 Å². The Balaban J connectivity index is 2.42. The van der Waals surface area contributed by atoms with Crippen molar-refractivity contribution in [1.29, 1.82) is 0 Å². The normalized spacial score (nSPS) is 12.6. The Hall–Kier alpha value is -2.26. The van der Waals surface area contributed by atoms with Crippen molar-refractivity contribution in [1.82, 2.24) is 0 Å². The van der Waals surface area contributed by atoms with E-state index >= 15 is 0 Å². The van der Waals surface area contributed by atoms with Gasteiger partial charge in [-0.1, -0.05) is 0 Å². The van der Waals surface area contributed by atoms with Gasteiger partial charge in [0.05, 0.1) is 0 Å². The van der Waals surface area contributed by atoms with E-state index in [9.17, 15) is 35.9 Å². The van der Waals surface area contributed by atoms with Gasteiger partial charge in [-0.05, 0) is 25.5 Å². The molecule has 0 aliphatic heterocycles. The molecule has 10 heteroatoms. The number of ether oxygens (including phenoxy) is 2. The van der Waals surface area contributed by atoms with Gasteiger partial charge in [0.15, 0.2) is 23.5 Å². The van der Waals surface area contributed by atoms with Crippen LogP contribution in [-0.2, 0) is 14.3 Å². The van der Waals surface area contributed by atoms with Gasteiger partial charge in [0.2, 0.25) is 5.82 Å². The van der Waals surface area contributed by atoms with Gasteiger partial charge in [-0.2, -0.15) is 17.6 Å². The van der Waals surface area contributed by atoms with Crippen molar-refractivity contribution in [3.05, 3.63) is 29.6 Å². The maximum absolute atomic E-state index is 13.3. The number of benzene rings is 1. The molecule has 0 spiro atoms. The fraction of sp³-hybridized carbons (Fsp3) is 0.429. The number of alkyl halides is 3. The first kappa shape index (κ1) is 19.8. The first-order valence-electron chi connectivity index (χ1n) is 6.62. The number of esters is 2. The fourth-order valence-electron chi connectivity index (χ4n) is 1.46. The maximum Gasteiger partial charge on any atom is 0.425 e. The minimum Gasteiger partial charge on any atom is -0.453 e. The summed E-state index contributed by atoms with van der Waals surface area (Å²) >= 11 is 0. The summed E-state index contributed by atoms with van der Waals surface area (Å²) in [5.74, 6) is -8.06. The minimum absolute atomic E-state index is 0.229. The summed E-state index contributed by atoms with van der Waals surface area (Å²) in [5, 5.41) is 0. The van der Waals surface area contributed by atoms with E-state index in [-0.39, 0.29) is 6.42 Å². The first-order valence-corrected chi connectivity index (χ1v) is 6.62. The number of carbonyl (C=O) groups is 2. The lowest BCUT2D eigenvalue weighted by Crippen LogP contribution is -2.30. The largest absolute Gasteiger partial charge is 0.453 e. The quantitative estimate of drug-likeness (QED) is 0.337. The molecule has 0 aromatic heterocycles. The van der Waals surface area contributed by atoms with Crippen molar-refractivity contribution < 1.29 is 45.4 Å². The average Bonchev–Trinajstić information content (AvgIpc) is 2.47. The van der Waals surface area contributed by atoms with Gasteiger partial charge >= 0.3 is 18.1 Å². The number of hydrogen-bond donors (Lipinski definition) is 0. The van der Waals surface area contributed by atoms with Crippen LogP contribution in [0.25, 0.3) is 0 Å². The van der Waals surface area contributed by atoms with Crippen molar-refractivity contribution in [2.24, 2.45) is 0 Å². The molecular weight excluding hydrogens is 346 g/mol. The van der Waals surface area contributed by atoms with Crippen molar-refractivity contribution in [2.45, 2.75) is 38.5 Å². The summed E-state index contributed by atoms with van der Waals surface area (Å²) in [5.41, 5.74) is 0. The summed E-state index contributed by atoms with van der Waals surface area (Å²) in [6.45, 7) is 0.651. The summed E-state index contributed by atoms with van der Waals surface area (Å²) in [7, 11) is 0. The maximum atomic E-state index is 13.3. The van der Waals surface area contributed by atoms with Crippen LogP contribution in [-0.4, -0.2) is 24.2 Å². The average molecular weight is 358 g/mol. The van der Waals surface area contributed by atoms with E-state index in [0.29, 0.717) is 19.1 Å². The Bertz CT molecular complexity index is 614. The topological polar surface area (TPSA) is 52.6 Å². The SMILES string of the molecule is CC(OC(=O)CCCC(=O)Oc1ccc(F)c(F)c1F)C(F)(F)F. The third-order valence-corrected chi connectivity index (χ3v) is 2.75. The fourth-order valence-corrected chi connectivity index (χ4v) is 1.46. The molecule has 0 amide bonds. The zero-order chi connectivity index (χ0) is 18.5. The van der Waals surface area contributed by atoms with Gasteiger partial charge in [0.25, 0.3) is 0 Å². The second-order valence-corrected chi connectivity index (χ2v) is 4.67. The molecule has 0 aliphatic rings. The van der Waals surface area contributed by atoms with Crippen molar-refractivity contribution in [3.8, 4) is 5.75 Å². The van der Waals surface area contributed by atoms with Crippen LogP contribution in [0, 0.1) is 17.5 Å². The van der Waals surface area contributed by atoms with Crippen LogP contribution < -0.4 is 4.74 Å². The molecule has 0 radical (unpaired) electrons. The summed E-state index contributed by atoms with van der Waals surface area (Å²) in [6.07, 6.45) is -8.18. The van der Waals surface area contributed by atoms with Crippen LogP contribution in [0.4, 0.5) is 26.3 Å². The smallest absolute Gasteiger partial charge is 0.425 e. The molecule has 1 atom stereocenters. The van der Waals surface area contributed by atoms with Gasteiger partial charge in [0.1, 0.15) is 0 Å². The zero-order valence-corrected chi connectivity index (χ0v) is 12.3.